The van der Waals surface area contributed by atoms with Gasteiger partial charge in [-0.2, -0.15) is 0 Å². The van der Waals surface area contributed by atoms with Crippen LogP contribution in [0.5, 0.6) is 0 Å². The lowest BCUT2D eigenvalue weighted by atomic mass is 9.90. The van der Waals surface area contributed by atoms with Gasteiger partial charge in [0.1, 0.15) is 0 Å². The highest BCUT2D eigenvalue weighted by Gasteiger charge is 2.30. The van der Waals surface area contributed by atoms with E-state index in [1.54, 1.807) is 12.1 Å². The second-order valence-electron chi connectivity index (χ2n) is 5.88. The average molecular weight is 343 g/mol. The summed E-state index contributed by atoms with van der Waals surface area (Å²) in [5, 5.41) is 6.39. The molecule has 6 heteroatoms. The molecule has 0 bridgehead atoms. The molecule has 1 aromatic carbocycles. The summed E-state index contributed by atoms with van der Waals surface area (Å²) < 4.78 is 0. The molecule has 1 aromatic heterocycles. The van der Waals surface area contributed by atoms with Crippen molar-refractivity contribution in [3.05, 3.63) is 46.5 Å². The molecule has 0 fully saturated rings. The van der Waals surface area contributed by atoms with Gasteiger partial charge in [-0.15, -0.1) is 11.3 Å². The van der Waals surface area contributed by atoms with Gasteiger partial charge in [-0.05, 0) is 37.8 Å². The first kappa shape index (κ1) is 16.6. The summed E-state index contributed by atoms with van der Waals surface area (Å²) in [4.78, 5) is 30.3. The van der Waals surface area contributed by atoms with Crippen LogP contribution in [0.1, 0.15) is 53.0 Å². The van der Waals surface area contributed by atoms with Crippen molar-refractivity contribution >= 4 is 28.3 Å². The van der Waals surface area contributed by atoms with Crippen LogP contribution in [0, 0.1) is 0 Å². The Kier molecular flexibility index (Phi) is 5.25. The molecular formula is C18H21N3O2S. The molecule has 0 saturated carbocycles. The second kappa shape index (κ2) is 7.57. The van der Waals surface area contributed by atoms with Gasteiger partial charge in [-0.25, -0.2) is 4.98 Å². The smallest absolute Gasteiger partial charge is 0.257 e. The monoisotopic (exact) mass is 343 g/mol. The molecule has 0 aliphatic heterocycles. The second-order valence-corrected chi connectivity index (χ2v) is 6.97. The summed E-state index contributed by atoms with van der Waals surface area (Å²) in [6, 6.07) is 9.07. The van der Waals surface area contributed by atoms with Gasteiger partial charge in [0.05, 0.1) is 11.6 Å². The Balaban J connectivity index is 1.75. The van der Waals surface area contributed by atoms with Crippen LogP contribution in [-0.2, 0) is 11.2 Å². The number of aromatic nitrogens is 1. The fourth-order valence-electron chi connectivity index (χ4n) is 2.86. The van der Waals surface area contributed by atoms with Crippen LogP contribution in [0.3, 0.4) is 0 Å². The van der Waals surface area contributed by atoms with Crippen molar-refractivity contribution < 1.29 is 9.59 Å². The average Bonchev–Trinajstić information content (AvgIpc) is 3.02. The SMILES string of the molecule is CCCNC(=O)C1CCCc2sc(NC(=O)c3ccccc3)nc21. The molecule has 0 spiro atoms. The zero-order valence-electron chi connectivity index (χ0n) is 13.7. The summed E-state index contributed by atoms with van der Waals surface area (Å²) in [6.07, 6.45) is 3.64. The van der Waals surface area contributed by atoms with Crippen molar-refractivity contribution in [2.45, 2.75) is 38.5 Å². The number of anilines is 1. The van der Waals surface area contributed by atoms with Gasteiger partial charge in [0.15, 0.2) is 5.13 Å². The summed E-state index contributed by atoms with van der Waals surface area (Å²) >= 11 is 1.48. The van der Waals surface area contributed by atoms with E-state index in [1.807, 2.05) is 25.1 Å². The number of carbonyl (C=O) groups is 2. The molecule has 5 nitrogen and oxygen atoms in total. The van der Waals surface area contributed by atoms with Crippen molar-refractivity contribution in [3.63, 3.8) is 0 Å². The lowest BCUT2D eigenvalue weighted by Gasteiger charge is -2.20. The topological polar surface area (TPSA) is 71.1 Å². The Hall–Kier alpha value is -2.21. The number of benzene rings is 1. The first-order valence-corrected chi connectivity index (χ1v) is 9.14. The molecule has 1 aliphatic rings. The van der Waals surface area contributed by atoms with Crippen LogP contribution >= 0.6 is 11.3 Å². The highest BCUT2D eigenvalue weighted by Crippen LogP contribution is 2.36. The molecule has 3 rings (SSSR count). The van der Waals surface area contributed by atoms with E-state index in [2.05, 4.69) is 15.6 Å². The number of hydrogen-bond acceptors (Lipinski definition) is 4. The Bertz CT molecular complexity index is 727. The maximum atomic E-state index is 12.3. The van der Waals surface area contributed by atoms with Gasteiger partial charge < -0.3 is 5.32 Å². The fourth-order valence-corrected chi connectivity index (χ4v) is 3.92. The van der Waals surface area contributed by atoms with E-state index >= 15 is 0 Å². The van der Waals surface area contributed by atoms with Crippen molar-refractivity contribution in [2.75, 3.05) is 11.9 Å². The molecule has 2 amide bonds. The van der Waals surface area contributed by atoms with E-state index in [0.717, 1.165) is 36.3 Å². The van der Waals surface area contributed by atoms with Gasteiger partial charge in [-0.3, -0.25) is 14.9 Å². The van der Waals surface area contributed by atoms with E-state index in [1.165, 1.54) is 11.3 Å². The van der Waals surface area contributed by atoms with Crippen molar-refractivity contribution in [1.29, 1.82) is 0 Å². The molecule has 1 heterocycles. The number of thiazole rings is 1. The quantitative estimate of drug-likeness (QED) is 0.875. The summed E-state index contributed by atoms with van der Waals surface area (Å²) in [7, 11) is 0. The first-order chi connectivity index (χ1) is 11.7. The highest BCUT2D eigenvalue weighted by atomic mass is 32.1. The summed E-state index contributed by atoms with van der Waals surface area (Å²) in [5.41, 5.74) is 1.44. The zero-order valence-corrected chi connectivity index (χ0v) is 14.5. The van der Waals surface area contributed by atoms with Gasteiger partial charge >= 0.3 is 0 Å². The van der Waals surface area contributed by atoms with Crippen LogP contribution < -0.4 is 10.6 Å². The van der Waals surface area contributed by atoms with E-state index in [4.69, 9.17) is 0 Å². The Morgan fingerprint density at radius 1 is 1.29 bits per heavy atom. The van der Waals surface area contributed by atoms with E-state index in [-0.39, 0.29) is 17.7 Å². The van der Waals surface area contributed by atoms with Gasteiger partial charge in [0, 0.05) is 17.0 Å². The molecule has 2 aromatic rings. The molecular weight excluding hydrogens is 322 g/mol. The normalized spacial score (nSPS) is 16.3. The zero-order chi connectivity index (χ0) is 16.9. The molecule has 0 saturated heterocycles. The van der Waals surface area contributed by atoms with Crippen LogP contribution in [0.2, 0.25) is 0 Å². The number of hydrogen-bond donors (Lipinski definition) is 2. The lowest BCUT2D eigenvalue weighted by Crippen LogP contribution is -2.31. The number of nitrogens with zero attached hydrogens (tertiary/aromatic N) is 1. The minimum atomic E-state index is -0.195. The number of rotatable bonds is 5. The molecule has 2 N–H and O–H groups in total. The molecule has 1 aliphatic carbocycles. The summed E-state index contributed by atoms with van der Waals surface area (Å²) in [5.74, 6) is -0.323. The van der Waals surface area contributed by atoms with Gasteiger partial charge in [0.25, 0.3) is 5.91 Å². The van der Waals surface area contributed by atoms with Crippen molar-refractivity contribution in [1.82, 2.24) is 10.3 Å². The van der Waals surface area contributed by atoms with Crippen LogP contribution in [0.4, 0.5) is 5.13 Å². The number of fused-ring (bicyclic) bond motifs is 1. The number of carbonyl (C=O) groups excluding carboxylic acids is 2. The molecule has 24 heavy (non-hydrogen) atoms. The number of nitrogens with one attached hydrogen (secondary N) is 2. The van der Waals surface area contributed by atoms with Crippen LogP contribution in [0.25, 0.3) is 0 Å². The van der Waals surface area contributed by atoms with Crippen LogP contribution in [0.15, 0.2) is 30.3 Å². The largest absolute Gasteiger partial charge is 0.356 e. The van der Waals surface area contributed by atoms with Crippen molar-refractivity contribution in [3.8, 4) is 0 Å². The Morgan fingerprint density at radius 3 is 2.83 bits per heavy atom. The third-order valence-corrected chi connectivity index (χ3v) is 5.12. The predicted octanol–water partition coefficient (Wildman–Crippen LogP) is 3.34. The molecule has 1 atom stereocenters. The third kappa shape index (κ3) is 3.64. The van der Waals surface area contributed by atoms with Crippen LogP contribution in [-0.4, -0.2) is 23.3 Å². The van der Waals surface area contributed by atoms with Gasteiger partial charge in [0.2, 0.25) is 5.91 Å². The standard InChI is InChI=1S/C18H21N3O2S/c1-2-11-19-17(23)13-9-6-10-14-15(13)20-18(24-14)21-16(22)12-7-4-3-5-8-12/h3-5,7-8,13H,2,6,9-11H2,1H3,(H,19,23)(H,20,21,22). The Morgan fingerprint density at radius 2 is 2.08 bits per heavy atom. The molecule has 0 radical (unpaired) electrons. The Labute approximate surface area is 145 Å². The molecule has 1 unspecified atom stereocenters. The minimum absolute atomic E-state index is 0.0454. The molecule has 126 valence electrons. The maximum Gasteiger partial charge on any atom is 0.257 e. The number of amides is 2. The number of aryl methyl sites for hydroxylation is 1. The van der Waals surface area contributed by atoms with E-state index in [0.29, 0.717) is 17.2 Å². The van der Waals surface area contributed by atoms with E-state index in [9.17, 15) is 9.59 Å². The maximum absolute atomic E-state index is 12.3. The minimum Gasteiger partial charge on any atom is -0.356 e. The fraction of sp³-hybridized carbons (Fsp3) is 0.389. The van der Waals surface area contributed by atoms with E-state index < -0.39 is 0 Å². The lowest BCUT2D eigenvalue weighted by molar-refractivity contribution is -0.122. The predicted molar refractivity (Wildman–Crippen MR) is 95.5 cm³/mol. The summed E-state index contributed by atoms with van der Waals surface area (Å²) in [6.45, 7) is 2.72. The first-order valence-electron chi connectivity index (χ1n) is 8.32. The third-order valence-electron chi connectivity index (χ3n) is 4.08. The van der Waals surface area contributed by atoms with Crippen molar-refractivity contribution in [2.24, 2.45) is 0 Å². The van der Waals surface area contributed by atoms with Gasteiger partial charge in [-0.1, -0.05) is 25.1 Å². The highest BCUT2D eigenvalue weighted by molar-refractivity contribution is 7.15.